The topological polar surface area (TPSA) is 80.0 Å². The van der Waals surface area contributed by atoms with E-state index in [2.05, 4.69) is 0 Å². The van der Waals surface area contributed by atoms with Crippen molar-refractivity contribution in [2.24, 2.45) is 0 Å². The number of ketones is 1. The molecule has 9 heteroatoms. The lowest BCUT2D eigenvalue weighted by atomic mass is 9.99. The number of rotatable bonds is 5. The van der Waals surface area contributed by atoms with Crippen molar-refractivity contribution in [3.8, 4) is 5.75 Å². The zero-order valence-corrected chi connectivity index (χ0v) is 17.4. The number of ether oxygens (including phenoxy) is 1. The summed E-state index contributed by atoms with van der Waals surface area (Å²) in [6, 6.07) is 8.57. The summed E-state index contributed by atoms with van der Waals surface area (Å²) >= 11 is 6.23. The van der Waals surface area contributed by atoms with Gasteiger partial charge < -0.3 is 14.3 Å². The van der Waals surface area contributed by atoms with Crippen LogP contribution >= 0.6 is 11.6 Å². The molecule has 1 atom stereocenters. The highest BCUT2D eigenvalue weighted by Gasteiger charge is 2.49. The molecule has 3 aromatic rings. The molecule has 0 bridgehead atoms. The molecule has 0 aliphatic carbocycles. The molecule has 1 saturated heterocycles. The Morgan fingerprint density at radius 1 is 1.19 bits per heavy atom. The van der Waals surface area contributed by atoms with Gasteiger partial charge in [0.25, 0.3) is 11.7 Å². The van der Waals surface area contributed by atoms with Gasteiger partial charge in [-0.05, 0) is 49.4 Å². The third kappa shape index (κ3) is 3.62. The Bertz CT molecular complexity index is 1240. The molecule has 0 radical (unpaired) electrons. The number of hydrogen-bond acceptors (Lipinski definition) is 5. The van der Waals surface area contributed by atoms with E-state index in [9.17, 15) is 23.5 Å². The number of benzene rings is 2. The van der Waals surface area contributed by atoms with Gasteiger partial charge in [0.1, 0.15) is 34.9 Å². The van der Waals surface area contributed by atoms with Crippen LogP contribution in [0.5, 0.6) is 5.75 Å². The molecule has 1 aliphatic rings. The van der Waals surface area contributed by atoms with Gasteiger partial charge in [-0.3, -0.25) is 14.5 Å². The van der Waals surface area contributed by atoms with Crippen LogP contribution < -0.4 is 9.64 Å². The van der Waals surface area contributed by atoms with E-state index in [1.807, 2.05) is 0 Å². The van der Waals surface area contributed by atoms with Crippen molar-refractivity contribution in [2.45, 2.75) is 13.0 Å². The fourth-order valence-corrected chi connectivity index (χ4v) is 3.76. The Balaban J connectivity index is 1.96. The van der Waals surface area contributed by atoms with Crippen molar-refractivity contribution in [1.29, 1.82) is 0 Å². The summed E-state index contributed by atoms with van der Waals surface area (Å²) in [5, 5.41) is 11.2. The molecule has 4 rings (SSSR count). The van der Waals surface area contributed by atoms with Crippen LogP contribution in [0.15, 0.2) is 64.8 Å². The minimum absolute atomic E-state index is 0.0342. The fourth-order valence-electron chi connectivity index (χ4n) is 3.55. The van der Waals surface area contributed by atoms with Crippen LogP contribution in [0, 0.1) is 11.6 Å². The quantitative estimate of drug-likeness (QED) is 0.321. The van der Waals surface area contributed by atoms with E-state index >= 15 is 0 Å². The first kappa shape index (κ1) is 21.6. The summed E-state index contributed by atoms with van der Waals surface area (Å²) in [6.45, 7) is 2.11. The summed E-state index contributed by atoms with van der Waals surface area (Å²) in [6.07, 6.45) is 1.29. The van der Waals surface area contributed by atoms with Crippen LogP contribution in [0.4, 0.5) is 14.5 Å². The van der Waals surface area contributed by atoms with Gasteiger partial charge in [0, 0.05) is 11.6 Å². The second-order valence-electron chi connectivity index (χ2n) is 6.85. The number of Topliss-reactive ketones (excluding diaryl/α,β-unsaturated/α-hetero) is 1. The summed E-state index contributed by atoms with van der Waals surface area (Å²) < 4.78 is 39.2. The number of carbonyl (C=O) groups excluding carboxylic acids is 2. The van der Waals surface area contributed by atoms with E-state index in [1.54, 1.807) is 13.0 Å². The minimum Gasteiger partial charge on any atom is -0.507 e. The molecule has 32 heavy (non-hydrogen) atoms. The molecule has 6 nitrogen and oxygen atoms in total. The van der Waals surface area contributed by atoms with Gasteiger partial charge in [0.15, 0.2) is 0 Å². The van der Waals surface area contributed by atoms with Crippen LogP contribution in [0.2, 0.25) is 5.02 Å². The number of nitrogens with zero attached hydrogens (tertiary/aromatic N) is 1. The highest BCUT2D eigenvalue weighted by Crippen LogP contribution is 2.44. The molecular weight excluding hydrogens is 444 g/mol. The molecule has 2 heterocycles. The predicted molar refractivity (Wildman–Crippen MR) is 112 cm³/mol. The molecule has 1 aliphatic heterocycles. The van der Waals surface area contributed by atoms with E-state index in [0.717, 1.165) is 23.1 Å². The lowest BCUT2D eigenvalue weighted by molar-refractivity contribution is -0.132. The van der Waals surface area contributed by atoms with Gasteiger partial charge in [0.05, 0.1) is 29.2 Å². The van der Waals surface area contributed by atoms with Crippen molar-refractivity contribution in [2.75, 3.05) is 11.5 Å². The van der Waals surface area contributed by atoms with Crippen molar-refractivity contribution in [1.82, 2.24) is 0 Å². The molecule has 2 aromatic carbocycles. The largest absolute Gasteiger partial charge is 0.507 e. The zero-order valence-electron chi connectivity index (χ0n) is 16.6. The van der Waals surface area contributed by atoms with Crippen molar-refractivity contribution >= 4 is 34.7 Å². The molecular formula is C23H16ClF2NO5. The average Bonchev–Trinajstić information content (AvgIpc) is 3.38. The molecule has 1 amide bonds. The van der Waals surface area contributed by atoms with Crippen molar-refractivity contribution < 1.29 is 32.6 Å². The number of hydrogen-bond donors (Lipinski definition) is 1. The second kappa shape index (κ2) is 8.47. The summed E-state index contributed by atoms with van der Waals surface area (Å²) in [5.74, 6) is -4.17. The number of carbonyl (C=O) groups is 2. The van der Waals surface area contributed by atoms with E-state index in [4.69, 9.17) is 20.8 Å². The molecule has 0 saturated carbocycles. The molecule has 164 valence electrons. The van der Waals surface area contributed by atoms with E-state index in [0.29, 0.717) is 12.4 Å². The van der Waals surface area contributed by atoms with Crippen LogP contribution in [-0.2, 0) is 9.59 Å². The molecule has 1 unspecified atom stereocenters. The van der Waals surface area contributed by atoms with Crippen LogP contribution in [0.25, 0.3) is 5.76 Å². The molecule has 1 N–H and O–H groups in total. The van der Waals surface area contributed by atoms with Crippen LogP contribution in [0.3, 0.4) is 0 Å². The van der Waals surface area contributed by atoms with Crippen molar-refractivity contribution in [3.63, 3.8) is 0 Å². The lowest BCUT2D eigenvalue weighted by Crippen LogP contribution is -2.30. The first-order chi connectivity index (χ1) is 15.3. The number of halogens is 3. The van der Waals surface area contributed by atoms with E-state index in [1.165, 1.54) is 30.5 Å². The normalized spacial score (nSPS) is 17.8. The van der Waals surface area contributed by atoms with Gasteiger partial charge in [-0.2, -0.15) is 0 Å². The Morgan fingerprint density at radius 2 is 1.97 bits per heavy atom. The maximum atomic E-state index is 14.6. The Hall–Kier alpha value is -3.65. The smallest absolute Gasteiger partial charge is 0.300 e. The average molecular weight is 460 g/mol. The van der Waals surface area contributed by atoms with Crippen LogP contribution in [0.1, 0.15) is 24.3 Å². The van der Waals surface area contributed by atoms with Gasteiger partial charge in [-0.25, -0.2) is 8.78 Å². The first-order valence-electron chi connectivity index (χ1n) is 9.55. The summed E-state index contributed by atoms with van der Waals surface area (Å²) in [5.41, 5.74) is -0.822. The van der Waals surface area contributed by atoms with Gasteiger partial charge in [-0.15, -0.1) is 0 Å². The van der Waals surface area contributed by atoms with E-state index < -0.39 is 40.8 Å². The Kier molecular flexibility index (Phi) is 5.71. The molecule has 1 fully saturated rings. The molecule has 1 aromatic heterocycles. The number of anilines is 1. The highest BCUT2D eigenvalue weighted by molar-refractivity contribution is 6.52. The Labute approximate surface area is 186 Å². The maximum Gasteiger partial charge on any atom is 0.300 e. The minimum atomic E-state index is -1.35. The maximum absolute atomic E-state index is 14.6. The summed E-state index contributed by atoms with van der Waals surface area (Å²) in [4.78, 5) is 26.7. The number of furan rings is 1. The monoisotopic (exact) mass is 459 g/mol. The lowest BCUT2D eigenvalue weighted by Gasteiger charge is -2.23. The van der Waals surface area contributed by atoms with E-state index in [-0.39, 0.29) is 21.9 Å². The Morgan fingerprint density at radius 3 is 2.66 bits per heavy atom. The third-order valence-electron chi connectivity index (χ3n) is 4.93. The van der Waals surface area contributed by atoms with Gasteiger partial charge >= 0.3 is 0 Å². The third-order valence-corrected chi connectivity index (χ3v) is 5.26. The highest BCUT2D eigenvalue weighted by atomic mass is 35.5. The van der Waals surface area contributed by atoms with Gasteiger partial charge in [0.2, 0.25) is 0 Å². The van der Waals surface area contributed by atoms with Crippen LogP contribution in [-0.4, -0.2) is 23.4 Å². The summed E-state index contributed by atoms with van der Waals surface area (Å²) in [7, 11) is 0. The SMILES string of the molecule is CCOc1ccc(Cl)c(/C(O)=C2/C(=O)C(=O)N(c3cc(F)ccc3F)C2c2ccco2)c1. The first-order valence-corrected chi connectivity index (χ1v) is 9.93. The fraction of sp³-hybridized carbons (Fsp3) is 0.130. The van der Waals surface area contributed by atoms with Gasteiger partial charge in [-0.1, -0.05) is 11.6 Å². The second-order valence-corrected chi connectivity index (χ2v) is 7.26. The number of aliphatic hydroxyl groups is 1. The molecule has 0 spiro atoms. The number of aliphatic hydroxyl groups excluding tert-OH is 1. The predicted octanol–water partition coefficient (Wildman–Crippen LogP) is 5.24. The standard InChI is InChI=1S/C23H16ClF2NO5/c1-2-31-13-6-7-15(24)14(11-13)21(28)19-20(18-4-3-9-32-18)27(23(30)22(19)29)17-10-12(25)5-8-16(17)26/h3-11,20,28H,2H2,1H3/b21-19-. The zero-order chi connectivity index (χ0) is 23.0. The van der Waals surface area contributed by atoms with Crippen molar-refractivity contribution in [3.05, 3.63) is 88.3 Å². The number of amides is 1.